The lowest BCUT2D eigenvalue weighted by atomic mass is 10.0. The first-order chi connectivity index (χ1) is 7.81. The molecule has 0 fully saturated rings. The van der Waals surface area contributed by atoms with Crippen LogP contribution in [0.5, 0.6) is 5.75 Å². The van der Waals surface area contributed by atoms with Crippen molar-refractivity contribution in [2.75, 3.05) is 13.6 Å². The fourth-order valence-electron chi connectivity index (χ4n) is 1.30. The first kappa shape index (κ1) is 13.4. The zero-order valence-corrected chi connectivity index (χ0v) is 10.2. The van der Waals surface area contributed by atoms with E-state index in [1.54, 1.807) is 13.8 Å². The maximum absolute atomic E-state index is 13.5. The highest BCUT2D eigenvalue weighted by atomic mass is 19.1. The smallest absolute Gasteiger partial charge is 0.260 e. The number of nitrogens with zero attached hydrogens (tertiary/aromatic N) is 1. The van der Waals surface area contributed by atoms with Crippen LogP contribution in [0.15, 0.2) is 18.2 Å². The summed E-state index contributed by atoms with van der Waals surface area (Å²) in [6.45, 7) is 3.77. The number of phenolic OH excluding ortho intramolecular Hbond substituents is 1. The third-order valence-electron chi connectivity index (χ3n) is 2.92. The number of hydrogen-bond donors (Lipinski definition) is 2. The SMILES string of the molecule is CN(C(=O)c1c(O)cccc1F)C(C)(C)CN. The minimum absolute atomic E-state index is 0.241. The molecule has 3 N–H and O–H groups in total. The molecule has 0 saturated heterocycles. The highest BCUT2D eigenvalue weighted by molar-refractivity contribution is 5.97. The van der Waals surface area contributed by atoms with E-state index in [9.17, 15) is 14.3 Å². The molecule has 1 aromatic carbocycles. The summed E-state index contributed by atoms with van der Waals surface area (Å²) in [5.74, 6) is -1.69. The molecule has 1 rings (SSSR count). The number of hydrogen-bond acceptors (Lipinski definition) is 3. The molecule has 94 valence electrons. The fraction of sp³-hybridized carbons (Fsp3) is 0.417. The number of rotatable bonds is 3. The normalized spacial score (nSPS) is 11.4. The van der Waals surface area contributed by atoms with Crippen LogP contribution in [0.4, 0.5) is 4.39 Å². The van der Waals surface area contributed by atoms with Gasteiger partial charge in [-0.2, -0.15) is 0 Å². The van der Waals surface area contributed by atoms with E-state index in [-0.39, 0.29) is 17.9 Å². The number of halogens is 1. The summed E-state index contributed by atoms with van der Waals surface area (Å²) in [5, 5.41) is 9.53. The van der Waals surface area contributed by atoms with E-state index in [0.717, 1.165) is 6.07 Å². The molecule has 1 amide bonds. The second-order valence-electron chi connectivity index (χ2n) is 4.51. The zero-order valence-electron chi connectivity index (χ0n) is 10.2. The molecule has 0 aliphatic carbocycles. The van der Waals surface area contributed by atoms with Crippen molar-refractivity contribution >= 4 is 5.91 Å². The van der Waals surface area contributed by atoms with E-state index < -0.39 is 17.3 Å². The molecule has 1 aromatic rings. The Bertz CT molecular complexity index is 412. The molecule has 0 heterocycles. The molecule has 0 unspecified atom stereocenters. The highest BCUT2D eigenvalue weighted by Crippen LogP contribution is 2.24. The minimum atomic E-state index is -0.741. The number of amides is 1. The van der Waals surface area contributed by atoms with Gasteiger partial charge < -0.3 is 15.7 Å². The highest BCUT2D eigenvalue weighted by Gasteiger charge is 2.29. The van der Waals surface area contributed by atoms with Gasteiger partial charge in [0.25, 0.3) is 5.91 Å². The van der Waals surface area contributed by atoms with E-state index in [4.69, 9.17) is 5.73 Å². The summed E-state index contributed by atoms with van der Waals surface area (Å²) >= 11 is 0. The molecule has 0 spiro atoms. The molecule has 0 aromatic heterocycles. The summed E-state index contributed by atoms with van der Waals surface area (Å²) in [7, 11) is 1.53. The monoisotopic (exact) mass is 240 g/mol. The van der Waals surface area contributed by atoms with Gasteiger partial charge in [0.2, 0.25) is 0 Å². The van der Waals surface area contributed by atoms with Crippen LogP contribution in [0, 0.1) is 5.82 Å². The van der Waals surface area contributed by atoms with Crippen molar-refractivity contribution in [2.24, 2.45) is 5.73 Å². The Kier molecular flexibility index (Phi) is 3.72. The lowest BCUT2D eigenvalue weighted by Crippen LogP contribution is -2.50. The van der Waals surface area contributed by atoms with E-state index in [1.165, 1.54) is 24.1 Å². The van der Waals surface area contributed by atoms with Gasteiger partial charge in [-0.05, 0) is 26.0 Å². The Balaban J connectivity index is 3.14. The van der Waals surface area contributed by atoms with Crippen molar-refractivity contribution in [3.63, 3.8) is 0 Å². The Labute approximate surface area is 99.8 Å². The van der Waals surface area contributed by atoms with Crippen molar-refractivity contribution in [1.29, 1.82) is 0 Å². The van der Waals surface area contributed by atoms with Crippen molar-refractivity contribution < 1.29 is 14.3 Å². The Hall–Kier alpha value is -1.62. The average molecular weight is 240 g/mol. The van der Waals surface area contributed by atoms with Gasteiger partial charge in [-0.3, -0.25) is 4.79 Å². The van der Waals surface area contributed by atoms with E-state index >= 15 is 0 Å². The summed E-state index contributed by atoms with van der Waals surface area (Å²) in [4.78, 5) is 13.4. The lowest BCUT2D eigenvalue weighted by Gasteiger charge is -2.34. The molecule has 0 radical (unpaired) electrons. The Morgan fingerprint density at radius 2 is 2.12 bits per heavy atom. The molecule has 0 aliphatic rings. The molecule has 5 heteroatoms. The van der Waals surface area contributed by atoms with E-state index in [2.05, 4.69) is 0 Å². The molecule has 0 bridgehead atoms. The largest absolute Gasteiger partial charge is 0.507 e. The number of carbonyl (C=O) groups is 1. The third-order valence-corrected chi connectivity index (χ3v) is 2.92. The Morgan fingerprint density at radius 3 is 2.59 bits per heavy atom. The number of likely N-dealkylation sites (N-methyl/N-ethyl adjacent to an activating group) is 1. The minimum Gasteiger partial charge on any atom is -0.507 e. The zero-order chi connectivity index (χ0) is 13.2. The van der Waals surface area contributed by atoms with Gasteiger partial charge >= 0.3 is 0 Å². The standard InChI is InChI=1S/C12H17FN2O2/c1-12(2,7-14)15(3)11(17)10-8(13)5-4-6-9(10)16/h4-6,16H,7,14H2,1-3H3. The van der Waals surface area contributed by atoms with Crippen LogP contribution >= 0.6 is 0 Å². The maximum atomic E-state index is 13.5. The number of aromatic hydroxyl groups is 1. The Morgan fingerprint density at radius 1 is 1.53 bits per heavy atom. The number of carbonyl (C=O) groups excluding carboxylic acids is 1. The van der Waals surface area contributed by atoms with Crippen molar-refractivity contribution in [2.45, 2.75) is 19.4 Å². The van der Waals surface area contributed by atoms with Crippen molar-refractivity contribution in [3.8, 4) is 5.75 Å². The number of phenols is 1. The summed E-state index contributed by atoms with van der Waals surface area (Å²) < 4.78 is 13.5. The first-order valence-electron chi connectivity index (χ1n) is 5.27. The second-order valence-corrected chi connectivity index (χ2v) is 4.51. The predicted octanol–water partition coefficient (Wildman–Crippen LogP) is 1.34. The second kappa shape index (κ2) is 4.71. The van der Waals surface area contributed by atoms with E-state index in [0.29, 0.717) is 0 Å². The summed E-state index contributed by atoms with van der Waals surface area (Å²) in [6.07, 6.45) is 0. The number of nitrogens with two attached hydrogens (primary N) is 1. The van der Waals surface area contributed by atoms with Crippen LogP contribution < -0.4 is 5.73 Å². The quantitative estimate of drug-likeness (QED) is 0.837. The van der Waals surface area contributed by atoms with Gasteiger partial charge in [0, 0.05) is 19.1 Å². The van der Waals surface area contributed by atoms with Gasteiger partial charge in [-0.15, -0.1) is 0 Å². The van der Waals surface area contributed by atoms with Gasteiger partial charge in [0.15, 0.2) is 0 Å². The third kappa shape index (κ3) is 2.55. The summed E-state index contributed by atoms with van der Waals surface area (Å²) in [6, 6.07) is 3.76. The predicted molar refractivity (Wildman–Crippen MR) is 63.3 cm³/mol. The topological polar surface area (TPSA) is 66.6 Å². The van der Waals surface area contributed by atoms with Gasteiger partial charge in [0.1, 0.15) is 17.1 Å². The fourth-order valence-corrected chi connectivity index (χ4v) is 1.30. The van der Waals surface area contributed by atoms with Crippen LogP contribution in [-0.2, 0) is 0 Å². The summed E-state index contributed by atoms with van der Waals surface area (Å²) in [5.41, 5.74) is 4.62. The first-order valence-corrected chi connectivity index (χ1v) is 5.27. The van der Waals surface area contributed by atoms with Crippen molar-refractivity contribution in [1.82, 2.24) is 4.90 Å². The maximum Gasteiger partial charge on any atom is 0.260 e. The van der Waals surface area contributed by atoms with Gasteiger partial charge in [-0.1, -0.05) is 6.07 Å². The van der Waals surface area contributed by atoms with Crippen LogP contribution in [-0.4, -0.2) is 35.0 Å². The molecule has 0 atom stereocenters. The molecular formula is C12H17FN2O2. The van der Waals surface area contributed by atoms with Crippen molar-refractivity contribution in [3.05, 3.63) is 29.6 Å². The molecule has 0 saturated carbocycles. The number of benzene rings is 1. The molecule has 17 heavy (non-hydrogen) atoms. The van der Waals surface area contributed by atoms with Gasteiger partial charge in [0.05, 0.1) is 0 Å². The van der Waals surface area contributed by atoms with E-state index in [1.807, 2.05) is 0 Å². The van der Waals surface area contributed by atoms with Gasteiger partial charge in [-0.25, -0.2) is 4.39 Å². The van der Waals surface area contributed by atoms with Crippen LogP contribution in [0.1, 0.15) is 24.2 Å². The van der Waals surface area contributed by atoms with Crippen LogP contribution in [0.3, 0.4) is 0 Å². The molecule has 4 nitrogen and oxygen atoms in total. The molecule has 0 aliphatic heterocycles. The lowest BCUT2D eigenvalue weighted by molar-refractivity contribution is 0.0632. The molecular weight excluding hydrogens is 223 g/mol. The van der Waals surface area contributed by atoms with Crippen LogP contribution in [0.2, 0.25) is 0 Å². The van der Waals surface area contributed by atoms with Crippen LogP contribution in [0.25, 0.3) is 0 Å². The average Bonchev–Trinajstić information content (AvgIpc) is 2.27.